The molecular formula is C14H13BrO3. The molecule has 0 N–H and O–H groups in total. The third-order valence-corrected chi connectivity index (χ3v) is 3.54. The molecule has 0 spiro atoms. The van der Waals surface area contributed by atoms with Gasteiger partial charge in [-0.15, -0.1) is 0 Å². The topological polar surface area (TPSA) is 39.4 Å². The van der Waals surface area contributed by atoms with E-state index < -0.39 is 0 Å². The number of Topliss-reactive ketones (excluding diaryl/α,β-unsaturated/α-hetero) is 1. The summed E-state index contributed by atoms with van der Waals surface area (Å²) >= 11 is 3.44. The maximum absolute atomic E-state index is 12.1. The van der Waals surface area contributed by atoms with Crippen molar-refractivity contribution in [3.05, 3.63) is 51.9 Å². The fraction of sp³-hybridized carbons (Fsp3) is 0.214. The smallest absolute Gasteiger partial charge is 0.170 e. The Bertz CT molecular complexity index is 572. The number of furan rings is 1. The zero-order valence-electron chi connectivity index (χ0n) is 10.2. The van der Waals surface area contributed by atoms with Crippen LogP contribution in [0.4, 0.5) is 0 Å². The van der Waals surface area contributed by atoms with Crippen LogP contribution in [0.25, 0.3) is 0 Å². The maximum atomic E-state index is 12.1. The molecule has 94 valence electrons. The number of ketones is 1. The fourth-order valence-electron chi connectivity index (χ4n) is 1.76. The number of hydrogen-bond donors (Lipinski definition) is 0. The quantitative estimate of drug-likeness (QED) is 0.807. The Balaban J connectivity index is 2.24. The predicted octanol–water partition coefficient (Wildman–Crippen LogP) is 3.78. The predicted molar refractivity (Wildman–Crippen MR) is 72.2 cm³/mol. The summed E-state index contributed by atoms with van der Waals surface area (Å²) in [6, 6.07) is 7.29. The van der Waals surface area contributed by atoms with E-state index in [0.29, 0.717) is 17.7 Å². The molecule has 1 aromatic heterocycles. The molecule has 3 nitrogen and oxygen atoms in total. The number of benzene rings is 1. The van der Waals surface area contributed by atoms with Gasteiger partial charge in [-0.2, -0.15) is 0 Å². The maximum Gasteiger partial charge on any atom is 0.170 e. The number of rotatable bonds is 4. The van der Waals surface area contributed by atoms with Gasteiger partial charge in [0.1, 0.15) is 11.5 Å². The van der Waals surface area contributed by atoms with E-state index in [4.69, 9.17) is 9.15 Å². The molecule has 0 amide bonds. The molecule has 0 aliphatic carbocycles. The van der Waals surface area contributed by atoms with E-state index in [1.165, 1.54) is 6.26 Å². The van der Waals surface area contributed by atoms with Crippen LogP contribution >= 0.6 is 15.9 Å². The summed E-state index contributed by atoms with van der Waals surface area (Å²) in [5.41, 5.74) is 1.53. The van der Waals surface area contributed by atoms with E-state index in [2.05, 4.69) is 15.9 Å². The van der Waals surface area contributed by atoms with E-state index in [9.17, 15) is 4.79 Å². The van der Waals surface area contributed by atoms with Crippen LogP contribution in [0, 0.1) is 6.92 Å². The van der Waals surface area contributed by atoms with Crippen molar-refractivity contribution in [2.45, 2.75) is 13.3 Å². The highest BCUT2D eigenvalue weighted by Gasteiger charge is 2.14. The van der Waals surface area contributed by atoms with Gasteiger partial charge in [0.25, 0.3) is 0 Å². The lowest BCUT2D eigenvalue weighted by molar-refractivity contribution is 0.0991. The Morgan fingerprint density at radius 1 is 1.39 bits per heavy atom. The van der Waals surface area contributed by atoms with Crippen LogP contribution in [0.1, 0.15) is 21.7 Å². The minimum Gasteiger partial charge on any atom is -0.497 e. The normalized spacial score (nSPS) is 10.4. The summed E-state index contributed by atoms with van der Waals surface area (Å²) in [5, 5.41) is 0. The molecule has 0 fully saturated rings. The van der Waals surface area contributed by atoms with Gasteiger partial charge in [-0.1, -0.05) is 15.9 Å². The molecule has 0 aliphatic heterocycles. The third kappa shape index (κ3) is 2.64. The van der Waals surface area contributed by atoms with Gasteiger partial charge in [0.15, 0.2) is 5.78 Å². The first-order chi connectivity index (χ1) is 8.61. The number of ether oxygens (including phenoxy) is 1. The van der Waals surface area contributed by atoms with E-state index in [0.717, 1.165) is 15.8 Å². The molecule has 0 radical (unpaired) electrons. The van der Waals surface area contributed by atoms with Crippen molar-refractivity contribution >= 4 is 21.7 Å². The van der Waals surface area contributed by atoms with Crippen molar-refractivity contribution in [3.8, 4) is 5.75 Å². The molecule has 1 aromatic carbocycles. The van der Waals surface area contributed by atoms with Crippen LogP contribution in [-0.2, 0) is 6.42 Å². The van der Waals surface area contributed by atoms with Crippen molar-refractivity contribution in [1.29, 1.82) is 0 Å². The molecule has 0 saturated carbocycles. The molecule has 18 heavy (non-hydrogen) atoms. The van der Waals surface area contributed by atoms with Gasteiger partial charge in [-0.25, -0.2) is 0 Å². The van der Waals surface area contributed by atoms with E-state index in [-0.39, 0.29) is 5.78 Å². The molecule has 0 saturated heterocycles. The molecule has 0 unspecified atom stereocenters. The number of aryl methyl sites for hydroxylation is 1. The van der Waals surface area contributed by atoms with Gasteiger partial charge >= 0.3 is 0 Å². The van der Waals surface area contributed by atoms with Gasteiger partial charge in [-0.3, -0.25) is 4.79 Å². The van der Waals surface area contributed by atoms with Gasteiger partial charge in [0.2, 0.25) is 0 Å². The van der Waals surface area contributed by atoms with Crippen LogP contribution in [0.15, 0.2) is 39.4 Å². The second-order valence-corrected chi connectivity index (χ2v) is 4.80. The summed E-state index contributed by atoms with van der Waals surface area (Å²) in [6.45, 7) is 1.79. The SMILES string of the molecule is COc1ccc(Br)c(CC(=O)c2ccoc2C)c1. The molecule has 0 aliphatic rings. The van der Waals surface area contributed by atoms with Crippen LogP contribution in [-0.4, -0.2) is 12.9 Å². The zero-order valence-corrected chi connectivity index (χ0v) is 11.8. The van der Waals surface area contributed by atoms with Gasteiger partial charge in [0.05, 0.1) is 18.9 Å². The van der Waals surface area contributed by atoms with Crippen molar-refractivity contribution in [3.63, 3.8) is 0 Å². The summed E-state index contributed by atoms with van der Waals surface area (Å²) in [4.78, 5) is 12.1. The minimum atomic E-state index is 0.0372. The van der Waals surface area contributed by atoms with Crippen LogP contribution < -0.4 is 4.74 Å². The first-order valence-corrected chi connectivity index (χ1v) is 6.31. The zero-order chi connectivity index (χ0) is 13.1. The van der Waals surface area contributed by atoms with Gasteiger partial charge in [0, 0.05) is 10.9 Å². The molecule has 0 atom stereocenters. The number of carbonyl (C=O) groups excluding carboxylic acids is 1. The highest BCUT2D eigenvalue weighted by molar-refractivity contribution is 9.10. The molecular weight excluding hydrogens is 296 g/mol. The van der Waals surface area contributed by atoms with Crippen LogP contribution in [0.2, 0.25) is 0 Å². The first-order valence-electron chi connectivity index (χ1n) is 5.51. The largest absolute Gasteiger partial charge is 0.497 e. The van der Waals surface area contributed by atoms with Gasteiger partial charge in [-0.05, 0) is 36.8 Å². The highest BCUT2D eigenvalue weighted by atomic mass is 79.9. The third-order valence-electron chi connectivity index (χ3n) is 2.76. The van der Waals surface area contributed by atoms with E-state index in [1.54, 1.807) is 20.1 Å². The Labute approximate surface area is 114 Å². The van der Waals surface area contributed by atoms with Crippen LogP contribution in [0.5, 0.6) is 5.75 Å². The molecule has 2 aromatic rings. The van der Waals surface area contributed by atoms with E-state index >= 15 is 0 Å². The summed E-state index contributed by atoms with van der Waals surface area (Å²) in [6.07, 6.45) is 1.85. The molecule has 4 heteroatoms. The summed E-state index contributed by atoms with van der Waals surface area (Å²) in [7, 11) is 1.61. The highest BCUT2D eigenvalue weighted by Crippen LogP contribution is 2.24. The van der Waals surface area contributed by atoms with Gasteiger partial charge < -0.3 is 9.15 Å². The Morgan fingerprint density at radius 2 is 2.17 bits per heavy atom. The number of methoxy groups -OCH3 is 1. The minimum absolute atomic E-state index is 0.0372. The average molecular weight is 309 g/mol. The second-order valence-electron chi connectivity index (χ2n) is 3.95. The lowest BCUT2D eigenvalue weighted by atomic mass is 10.0. The van der Waals surface area contributed by atoms with Crippen molar-refractivity contribution in [2.75, 3.05) is 7.11 Å². The van der Waals surface area contributed by atoms with Crippen LogP contribution in [0.3, 0.4) is 0 Å². The number of carbonyl (C=O) groups is 1. The lowest BCUT2D eigenvalue weighted by Gasteiger charge is -2.06. The van der Waals surface area contributed by atoms with Crippen molar-refractivity contribution in [2.24, 2.45) is 0 Å². The number of hydrogen-bond acceptors (Lipinski definition) is 3. The fourth-order valence-corrected chi connectivity index (χ4v) is 2.14. The van der Waals surface area contributed by atoms with Crippen molar-refractivity contribution < 1.29 is 13.9 Å². The second kappa shape index (κ2) is 5.40. The molecule has 1 heterocycles. The Morgan fingerprint density at radius 3 is 2.78 bits per heavy atom. The Hall–Kier alpha value is -1.55. The standard InChI is InChI=1S/C14H13BrO3/c1-9-12(5-6-18-9)14(16)8-10-7-11(17-2)3-4-13(10)15/h3-7H,8H2,1-2H3. The molecule has 0 bridgehead atoms. The summed E-state index contributed by atoms with van der Waals surface area (Å²) in [5.74, 6) is 1.43. The van der Waals surface area contributed by atoms with E-state index in [1.807, 2.05) is 18.2 Å². The lowest BCUT2D eigenvalue weighted by Crippen LogP contribution is -2.04. The van der Waals surface area contributed by atoms with Crippen molar-refractivity contribution in [1.82, 2.24) is 0 Å². The Kier molecular flexibility index (Phi) is 3.87. The first kappa shape index (κ1) is 12.9. The summed E-state index contributed by atoms with van der Waals surface area (Å²) < 4.78 is 11.2. The number of halogens is 1. The molecule has 2 rings (SSSR count). The monoisotopic (exact) mass is 308 g/mol. The average Bonchev–Trinajstić information content (AvgIpc) is 2.78.